The summed E-state index contributed by atoms with van der Waals surface area (Å²) in [6, 6.07) is 0. The minimum absolute atomic E-state index is 0.224. The summed E-state index contributed by atoms with van der Waals surface area (Å²) in [4.78, 5) is 23.5. The molecule has 4 nitrogen and oxygen atoms in total. The van der Waals surface area contributed by atoms with Crippen LogP contribution < -0.4 is 0 Å². The summed E-state index contributed by atoms with van der Waals surface area (Å²) in [6.45, 7) is 9.60. The van der Waals surface area contributed by atoms with Crippen molar-refractivity contribution in [1.29, 1.82) is 0 Å². The van der Waals surface area contributed by atoms with Gasteiger partial charge in [0.25, 0.3) is 0 Å². The van der Waals surface area contributed by atoms with Crippen LogP contribution in [0.4, 0.5) is 0 Å². The van der Waals surface area contributed by atoms with E-state index in [2.05, 4.69) is 0 Å². The second-order valence-electron chi connectivity index (χ2n) is 4.08. The van der Waals surface area contributed by atoms with E-state index in [0.29, 0.717) is 0 Å². The Balaban J connectivity index is 4.90. The Hall–Kier alpha value is -1.32. The second-order valence-corrected chi connectivity index (χ2v) is 4.08. The third kappa shape index (κ3) is 5.52. The van der Waals surface area contributed by atoms with E-state index < -0.39 is 17.9 Å². The zero-order chi connectivity index (χ0) is 13.4. The van der Waals surface area contributed by atoms with Crippen LogP contribution in [0.15, 0.2) is 11.6 Å². The molecule has 0 bridgehead atoms. The maximum atomic E-state index is 11.7. The molecule has 0 aromatic rings. The molecule has 0 amide bonds. The molecular formula is C13H22O4. The molecule has 0 fully saturated rings. The number of carbonyl (C=O) groups excluding carboxylic acids is 2. The predicted molar refractivity (Wildman–Crippen MR) is 65.4 cm³/mol. The lowest BCUT2D eigenvalue weighted by Crippen LogP contribution is -2.32. The van der Waals surface area contributed by atoms with Crippen LogP contribution in [0.2, 0.25) is 0 Å². The minimum atomic E-state index is -0.871. The molecule has 4 heteroatoms. The molecule has 0 saturated heterocycles. The van der Waals surface area contributed by atoms with Crippen molar-refractivity contribution < 1.29 is 19.1 Å². The summed E-state index contributed by atoms with van der Waals surface area (Å²) in [5.74, 6) is -2.13. The van der Waals surface area contributed by atoms with Crippen molar-refractivity contribution >= 4 is 11.9 Å². The van der Waals surface area contributed by atoms with E-state index in [9.17, 15) is 9.59 Å². The SMILES string of the molecule is CCOC(=O)C(C(=O)OCC)C(C)C=C(C)C. The molecule has 0 radical (unpaired) electrons. The molecular weight excluding hydrogens is 220 g/mol. The zero-order valence-corrected chi connectivity index (χ0v) is 11.3. The Morgan fingerprint density at radius 1 is 1.06 bits per heavy atom. The number of allylic oxidation sites excluding steroid dienone is 2. The maximum absolute atomic E-state index is 11.7. The van der Waals surface area contributed by atoms with Gasteiger partial charge in [0, 0.05) is 0 Å². The van der Waals surface area contributed by atoms with Gasteiger partial charge in [-0.05, 0) is 33.6 Å². The van der Waals surface area contributed by atoms with Crippen LogP contribution in [0.25, 0.3) is 0 Å². The third-order valence-corrected chi connectivity index (χ3v) is 2.20. The van der Waals surface area contributed by atoms with Crippen molar-refractivity contribution in [3.05, 3.63) is 11.6 Å². The van der Waals surface area contributed by atoms with E-state index in [1.165, 1.54) is 0 Å². The van der Waals surface area contributed by atoms with Crippen LogP contribution in [0.5, 0.6) is 0 Å². The number of rotatable bonds is 6. The Kier molecular flexibility index (Phi) is 7.26. The van der Waals surface area contributed by atoms with Crippen LogP contribution in [0, 0.1) is 11.8 Å². The zero-order valence-electron chi connectivity index (χ0n) is 11.3. The Bertz CT molecular complexity index is 272. The molecule has 0 aromatic carbocycles. The number of esters is 2. The Morgan fingerprint density at radius 2 is 1.47 bits per heavy atom. The van der Waals surface area contributed by atoms with Crippen LogP contribution in [0.1, 0.15) is 34.6 Å². The number of ether oxygens (including phenoxy) is 2. The number of hydrogen-bond donors (Lipinski definition) is 0. The van der Waals surface area contributed by atoms with E-state index in [1.807, 2.05) is 26.8 Å². The second kappa shape index (κ2) is 7.87. The van der Waals surface area contributed by atoms with E-state index in [4.69, 9.17) is 9.47 Å². The van der Waals surface area contributed by atoms with Crippen LogP contribution in [0.3, 0.4) is 0 Å². The average Bonchev–Trinajstić information content (AvgIpc) is 2.17. The molecule has 1 atom stereocenters. The van der Waals surface area contributed by atoms with Crippen molar-refractivity contribution in [2.75, 3.05) is 13.2 Å². The molecule has 0 saturated carbocycles. The largest absolute Gasteiger partial charge is 0.465 e. The first-order chi connectivity index (χ1) is 7.93. The highest BCUT2D eigenvalue weighted by Gasteiger charge is 2.33. The number of hydrogen-bond acceptors (Lipinski definition) is 4. The fraction of sp³-hybridized carbons (Fsp3) is 0.692. The molecule has 0 aliphatic heterocycles. The Labute approximate surface area is 103 Å². The molecule has 0 aliphatic rings. The lowest BCUT2D eigenvalue weighted by Gasteiger charge is -2.18. The minimum Gasteiger partial charge on any atom is -0.465 e. The smallest absolute Gasteiger partial charge is 0.320 e. The first-order valence-electron chi connectivity index (χ1n) is 5.92. The monoisotopic (exact) mass is 242 g/mol. The molecule has 0 heterocycles. The van der Waals surface area contributed by atoms with Crippen molar-refractivity contribution in [1.82, 2.24) is 0 Å². The van der Waals surface area contributed by atoms with Crippen LogP contribution >= 0.6 is 0 Å². The number of carbonyl (C=O) groups is 2. The summed E-state index contributed by atoms with van der Waals surface area (Å²) >= 11 is 0. The molecule has 0 spiro atoms. The standard InChI is InChI=1S/C13H22O4/c1-6-16-12(14)11(13(15)17-7-2)10(5)8-9(3)4/h8,10-11H,6-7H2,1-5H3. The Morgan fingerprint density at radius 3 is 1.76 bits per heavy atom. The molecule has 0 N–H and O–H groups in total. The third-order valence-electron chi connectivity index (χ3n) is 2.20. The van der Waals surface area contributed by atoms with Gasteiger partial charge in [0.2, 0.25) is 0 Å². The van der Waals surface area contributed by atoms with Crippen molar-refractivity contribution in [2.24, 2.45) is 11.8 Å². The lowest BCUT2D eigenvalue weighted by molar-refractivity contribution is -0.163. The highest BCUT2D eigenvalue weighted by molar-refractivity contribution is 5.95. The topological polar surface area (TPSA) is 52.6 Å². The van der Waals surface area contributed by atoms with Gasteiger partial charge >= 0.3 is 11.9 Å². The molecule has 0 aliphatic carbocycles. The van der Waals surface area contributed by atoms with E-state index in [0.717, 1.165) is 5.57 Å². The van der Waals surface area contributed by atoms with Gasteiger partial charge in [-0.15, -0.1) is 0 Å². The van der Waals surface area contributed by atoms with Gasteiger partial charge in [-0.1, -0.05) is 18.6 Å². The average molecular weight is 242 g/mol. The molecule has 0 aromatic heterocycles. The van der Waals surface area contributed by atoms with Gasteiger partial charge in [-0.3, -0.25) is 9.59 Å². The fourth-order valence-electron chi connectivity index (χ4n) is 1.61. The van der Waals surface area contributed by atoms with E-state index >= 15 is 0 Å². The molecule has 17 heavy (non-hydrogen) atoms. The lowest BCUT2D eigenvalue weighted by atomic mass is 9.92. The highest BCUT2D eigenvalue weighted by Crippen LogP contribution is 2.18. The normalized spacial score (nSPS) is 11.9. The van der Waals surface area contributed by atoms with Gasteiger partial charge < -0.3 is 9.47 Å². The van der Waals surface area contributed by atoms with E-state index in [-0.39, 0.29) is 19.1 Å². The van der Waals surface area contributed by atoms with Crippen molar-refractivity contribution in [3.8, 4) is 0 Å². The van der Waals surface area contributed by atoms with E-state index in [1.54, 1.807) is 13.8 Å². The maximum Gasteiger partial charge on any atom is 0.320 e. The van der Waals surface area contributed by atoms with Gasteiger partial charge in [-0.2, -0.15) is 0 Å². The van der Waals surface area contributed by atoms with Crippen LogP contribution in [-0.2, 0) is 19.1 Å². The predicted octanol–water partition coefficient (Wildman–Crippen LogP) is 2.33. The van der Waals surface area contributed by atoms with Gasteiger partial charge in [0.05, 0.1) is 13.2 Å². The first-order valence-corrected chi connectivity index (χ1v) is 5.92. The van der Waals surface area contributed by atoms with Crippen molar-refractivity contribution in [2.45, 2.75) is 34.6 Å². The summed E-state index contributed by atoms with van der Waals surface area (Å²) in [6.07, 6.45) is 1.87. The summed E-state index contributed by atoms with van der Waals surface area (Å²) in [5, 5.41) is 0. The summed E-state index contributed by atoms with van der Waals surface area (Å²) in [7, 11) is 0. The van der Waals surface area contributed by atoms with Crippen molar-refractivity contribution in [3.63, 3.8) is 0 Å². The van der Waals surface area contributed by atoms with Gasteiger partial charge in [0.1, 0.15) is 0 Å². The van der Waals surface area contributed by atoms with Gasteiger partial charge in [0.15, 0.2) is 5.92 Å². The molecule has 1 unspecified atom stereocenters. The fourth-order valence-corrected chi connectivity index (χ4v) is 1.61. The summed E-state index contributed by atoms with van der Waals surface area (Å²) in [5.41, 5.74) is 1.05. The quantitative estimate of drug-likeness (QED) is 0.407. The van der Waals surface area contributed by atoms with Crippen LogP contribution in [-0.4, -0.2) is 25.2 Å². The van der Waals surface area contributed by atoms with Gasteiger partial charge in [-0.25, -0.2) is 0 Å². The summed E-state index contributed by atoms with van der Waals surface area (Å²) < 4.78 is 9.81. The highest BCUT2D eigenvalue weighted by atomic mass is 16.6. The molecule has 98 valence electrons. The molecule has 0 rings (SSSR count). The first kappa shape index (κ1) is 15.7.